The molecular formula is C5H8NO3P. The molecule has 1 rings (SSSR count). The summed E-state index contributed by atoms with van der Waals surface area (Å²) in [6.45, 7) is 0. The number of piperidine rings is 1. The third-order valence-electron chi connectivity index (χ3n) is 0.994. The molecule has 1 aliphatic heterocycles. The van der Waals surface area contributed by atoms with Crippen LogP contribution < -0.4 is 5.32 Å². The van der Waals surface area contributed by atoms with E-state index in [1.165, 1.54) is 0 Å². The van der Waals surface area contributed by atoms with Crippen LogP contribution in [0.1, 0.15) is 12.8 Å². The van der Waals surface area contributed by atoms with Crippen molar-refractivity contribution < 1.29 is 14.4 Å². The Morgan fingerprint density at radius 2 is 1.40 bits per heavy atom. The number of hydrogen-bond acceptors (Lipinski definition) is 3. The lowest BCUT2D eigenvalue weighted by atomic mass is 10.1. The minimum absolute atomic E-state index is 0. The lowest BCUT2D eigenvalue weighted by Crippen LogP contribution is -2.38. The van der Waals surface area contributed by atoms with Crippen LogP contribution in [0, 0.1) is 0 Å². The SMILES string of the molecule is O=C1CC(=O)NC(=O)C1.P. The van der Waals surface area contributed by atoms with Gasteiger partial charge in [-0.25, -0.2) is 0 Å². The Morgan fingerprint density at radius 1 is 1.00 bits per heavy atom. The molecule has 1 fully saturated rings. The van der Waals surface area contributed by atoms with Gasteiger partial charge in [0.1, 0.15) is 0 Å². The van der Waals surface area contributed by atoms with Crippen molar-refractivity contribution >= 4 is 27.5 Å². The van der Waals surface area contributed by atoms with Crippen LogP contribution in [0.15, 0.2) is 0 Å². The van der Waals surface area contributed by atoms with Gasteiger partial charge in [0.05, 0.1) is 12.8 Å². The largest absolute Gasteiger partial charge is 0.299 e. The third-order valence-corrected chi connectivity index (χ3v) is 0.994. The summed E-state index contributed by atoms with van der Waals surface area (Å²) in [4.78, 5) is 31.1. The molecule has 0 aromatic rings. The molecule has 1 N–H and O–H groups in total. The van der Waals surface area contributed by atoms with Gasteiger partial charge >= 0.3 is 0 Å². The predicted octanol–water partition coefficient (Wildman–Crippen LogP) is -0.950. The molecule has 1 heterocycles. The van der Waals surface area contributed by atoms with Gasteiger partial charge in [-0.1, -0.05) is 0 Å². The van der Waals surface area contributed by atoms with E-state index in [9.17, 15) is 14.4 Å². The molecule has 0 spiro atoms. The van der Waals surface area contributed by atoms with E-state index in [1.54, 1.807) is 0 Å². The third kappa shape index (κ3) is 2.23. The van der Waals surface area contributed by atoms with Crippen LogP contribution in [0.3, 0.4) is 0 Å². The highest BCUT2D eigenvalue weighted by Crippen LogP contribution is 1.96. The fourth-order valence-electron chi connectivity index (χ4n) is 0.665. The van der Waals surface area contributed by atoms with Gasteiger partial charge in [-0.05, 0) is 0 Å². The predicted molar refractivity (Wildman–Crippen MR) is 38.5 cm³/mol. The summed E-state index contributed by atoms with van der Waals surface area (Å²) >= 11 is 0. The molecule has 2 amide bonds. The molecule has 5 heteroatoms. The first kappa shape index (κ1) is 9.24. The van der Waals surface area contributed by atoms with Crippen molar-refractivity contribution in [2.75, 3.05) is 0 Å². The van der Waals surface area contributed by atoms with E-state index in [0.29, 0.717) is 0 Å². The standard InChI is InChI=1S/C5H5NO3.H3P/c7-3-1-4(8)6-5(9)2-3;/h1-2H2,(H,6,8,9);1H3. The van der Waals surface area contributed by atoms with Crippen LogP contribution in [0.25, 0.3) is 0 Å². The molecule has 0 aromatic carbocycles. The second-order valence-corrected chi connectivity index (χ2v) is 1.86. The normalized spacial score (nSPS) is 17.8. The molecule has 0 saturated carbocycles. The van der Waals surface area contributed by atoms with E-state index in [4.69, 9.17) is 0 Å². The maximum absolute atomic E-state index is 10.4. The highest BCUT2D eigenvalue weighted by atomic mass is 31.0. The summed E-state index contributed by atoms with van der Waals surface area (Å²) in [7, 11) is 0. The van der Waals surface area contributed by atoms with Crippen LogP contribution in [-0.2, 0) is 14.4 Å². The number of hydrogen-bond donors (Lipinski definition) is 1. The summed E-state index contributed by atoms with van der Waals surface area (Å²) in [6, 6.07) is 0. The molecule has 56 valence electrons. The molecule has 1 aliphatic rings. The van der Waals surface area contributed by atoms with E-state index >= 15 is 0 Å². The smallest absolute Gasteiger partial charge is 0.234 e. The van der Waals surface area contributed by atoms with Crippen molar-refractivity contribution in [2.24, 2.45) is 0 Å². The fraction of sp³-hybridized carbons (Fsp3) is 0.400. The van der Waals surface area contributed by atoms with Crippen LogP contribution >= 0.6 is 9.90 Å². The van der Waals surface area contributed by atoms with Crippen LogP contribution in [0.5, 0.6) is 0 Å². The Kier molecular flexibility index (Phi) is 3.16. The Bertz CT molecular complexity index is 144. The summed E-state index contributed by atoms with van der Waals surface area (Å²) in [6.07, 6.45) is -0.294. The number of imide groups is 1. The van der Waals surface area contributed by atoms with Crippen molar-refractivity contribution in [1.82, 2.24) is 5.32 Å². The summed E-state index contributed by atoms with van der Waals surface area (Å²) < 4.78 is 0. The second-order valence-electron chi connectivity index (χ2n) is 1.86. The first-order valence-corrected chi connectivity index (χ1v) is 2.53. The number of carbonyl (C=O) groups excluding carboxylic acids is 3. The molecule has 0 bridgehead atoms. The highest BCUT2D eigenvalue weighted by Gasteiger charge is 2.21. The van der Waals surface area contributed by atoms with E-state index in [-0.39, 0.29) is 28.5 Å². The summed E-state index contributed by atoms with van der Waals surface area (Å²) in [5, 5.41) is 2.01. The lowest BCUT2D eigenvalue weighted by molar-refractivity contribution is -0.138. The number of ketones is 1. The molecule has 1 saturated heterocycles. The Hall–Kier alpha value is -0.760. The van der Waals surface area contributed by atoms with E-state index in [1.807, 2.05) is 5.32 Å². The van der Waals surface area contributed by atoms with Crippen molar-refractivity contribution in [3.8, 4) is 0 Å². The van der Waals surface area contributed by atoms with Gasteiger partial charge in [0.15, 0.2) is 5.78 Å². The molecule has 0 radical (unpaired) electrons. The average Bonchev–Trinajstić information content (AvgIpc) is 1.59. The Labute approximate surface area is 61.0 Å². The number of rotatable bonds is 0. The minimum Gasteiger partial charge on any atom is -0.299 e. The molecular weight excluding hydrogens is 153 g/mol. The summed E-state index contributed by atoms with van der Waals surface area (Å²) in [5.41, 5.74) is 0. The van der Waals surface area contributed by atoms with Crippen molar-refractivity contribution in [3.05, 3.63) is 0 Å². The van der Waals surface area contributed by atoms with Crippen molar-refractivity contribution in [1.29, 1.82) is 0 Å². The maximum atomic E-state index is 10.4. The minimum atomic E-state index is -0.490. The van der Waals surface area contributed by atoms with E-state index < -0.39 is 11.8 Å². The first-order valence-electron chi connectivity index (χ1n) is 2.53. The number of carbonyl (C=O) groups is 3. The van der Waals surface area contributed by atoms with Crippen molar-refractivity contribution in [3.63, 3.8) is 0 Å². The summed E-state index contributed by atoms with van der Waals surface area (Å²) in [5.74, 6) is -1.28. The Morgan fingerprint density at radius 3 is 1.70 bits per heavy atom. The van der Waals surface area contributed by atoms with E-state index in [2.05, 4.69) is 0 Å². The Balaban J connectivity index is 0.000000810. The first-order chi connectivity index (χ1) is 4.18. The fourth-order valence-corrected chi connectivity index (χ4v) is 0.665. The topological polar surface area (TPSA) is 63.2 Å². The monoisotopic (exact) mass is 161 g/mol. The molecule has 1 atom stereocenters. The van der Waals surface area contributed by atoms with Crippen molar-refractivity contribution in [2.45, 2.75) is 12.8 Å². The van der Waals surface area contributed by atoms with Gasteiger partial charge in [-0.3, -0.25) is 19.7 Å². The molecule has 1 unspecified atom stereocenters. The zero-order valence-corrected chi connectivity index (χ0v) is 6.76. The van der Waals surface area contributed by atoms with Gasteiger partial charge in [-0.2, -0.15) is 9.90 Å². The van der Waals surface area contributed by atoms with E-state index in [0.717, 1.165) is 0 Å². The quantitative estimate of drug-likeness (QED) is 0.283. The van der Waals surface area contributed by atoms with Crippen LogP contribution in [-0.4, -0.2) is 17.6 Å². The zero-order chi connectivity index (χ0) is 6.85. The zero-order valence-electron chi connectivity index (χ0n) is 5.35. The van der Waals surface area contributed by atoms with Gasteiger partial charge in [0, 0.05) is 0 Å². The van der Waals surface area contributed by atoms with Crippen LogP contribution in [0.4, 0.5) is 0 Å². The molecule has 0 aliphatic carbocycles. The highest BCUT2D eigenvalue weighted by molar-refractivity contribution is 6.92. The molecule has 0 aromatic heterocycles. The molecule has 10 heavy (non-hydrogen) atoms. The maximum Gasteiger partial charge on any atom is 0.234 e. The average molecular weight is 161 g/mol. The second kappa shape index (κ2) is 3.42. The van der Waals surface area contributed by atoms with Gasteiger partial charge in [0.25, 0.3) is 0 Å². The number of Topliss-reactive ketones (excluding diaryl/α,β-unsaturated/α-hetero) is 1. The number of amides is 2. The number of nitrogens with one attached hydrogen (secondary N) is 1. The van der Waals surface area contributed by atoms with Gasteiger partial charge in [0.2, 0.25) is 11.8 Å². The van der Waals surface area contributed by atoms with Crippen LogP contribution in [0.2, 0.25) is 0 Å². The van der Waals surface area contributed by atoms with Gasteiger partial charge < -0.3 is 0 Å². The lowest BCUT2D eigenvalue weighted by Gasteiger charge is -2.07. The van der Waals surface area contributed by atoms with Gasteiger partial charge in [-0.15, -0.1) is 0 Å². The molecule has 4 nitrogen and oxygen atoms in total.